The van der Waals surface area contributed by atoms with Gasteiger partial charge in [-0.1, -0.05) is 60.7 Å². The average molecular weight is 334 g/mol. The van der Waals surface area contributed by atoms with E-state index in [1.807, 2.05) is 73.8 Å². The zero-order valence-electron chi connectivity index (χ0n) is 14.3. The molecule has 0 aliphatic heterocycles. The first-order chi connectivity index (χ1) is 12.2. The highest BCUT2D eigenvalue weighted by atomic mass is 16.2. The van der Waals surface area contributed by atoms with Crippen LogP contribution in [0.3, 0.4) is 0 Å². The van der Waals surface area contributed by atoms with Crippen molar-refractivity contribution < 1.29 is 4.79 Å². The number of rotatable bonds is 6. The summed E-state index contributed by atoms with van der Waals surface area (Å²) in [5, 5.41) is 5.76. The Morgan fingerprint density at radius 1 is 1.00 bits per heavy atom. The molecule has 0 spiro atoms. The molecule has 1 heterocycles. The Bertz CT molecular complexity index is 812. The summed E-state index contributed by atoms with van der Waals surface area (Å²) in [5.74, 6) is 0.921. The van der Waals surface area contributed by atoms with Gasteiger partial charge >= 0.3 is 6.03 Å². The summed E-state index contributed by atoms with van der Waals surface area (Å²) in [4.78, 5) is 16.4. The first kappa shape index (κ1) is 16.8. The molecular formula is C20H22N4O. The molecule has 0 unspecified atom stereocenters. The monoisotopic (exact) mass is 334 g/mol. The molecule has 3 rings (SSSR count). The maximum Gasteiger partial charge on any atom is 0.315 e. The van der Waals surface area contributed by atoms with Crippen LogP contribution in [0.4, 0.5) is 4.79 Å². The third kappa shape index (κ3) is 4.47. The lowest BCUT2D eigenvalue weighted by Crippen LogP contribution is -2.36. The average Bonchev–Trinajstić information content (AvgIpc) is 3.02. The highest BCUT2D eigenvalue weighted by Gasteiger charge is 2.09. The normalized spacial score (nSPS) is 10.4. The van der Waals surface area contributed by atoms with Gasteiger partial charge in [0.15, 0.2) is 0 Å². The predicted molar refractivity (Wildman–Crippen MR) is 99.1 cm³/mol. The first-order valence-corrected chi connectivity index (χ1v) is 8.37. The van der Waals surface area contributed by atoms with Crippen LogP contribution >= 0.6 is 0 Å². The third-order valence-corrected chi connectivity index (χ3v) is 4.00. The molecule has 0 fully saturated rings. The number of hydrogen-bond donors (Lipinski definition) is 2. The van der Waals surface area contributed by atoms with Gasteiger partial charge in [-0.2, -0.15) is 0 Å². The van der Waals surface area contributed by atoms with E-state index >= 15 is 0 Å². The van der Waals surface area contributed by atoms with Crippen LogP contribution < -0.4 is 10.6 Å². The van der Waals surface area contributed by atoms with Gasteiger partial charge in [0.2, 0.25) is 0 Å². The largest absolute Gasteiger partial charge is 0.336 e. The van der Waals surface area contributed by atoms with Gasteiger partial charge in [0, 0.05) is 37.1 Å². The minimum atomic E-state index is -0.164. The lowest BCUT2D eigenvalue weighted by molar-refractivity contribution is 0.240. The zero-order chi connectivity index (χ0) is 17.5. The van der Waals surface area contributed by atoms with E-state index in [0.717, 1.165) is 22.6 Å². The highest BCUT2D eigenvalue weighted by molar-refractivity contribution is 5.73. The zero-order valence-corrected chi connectivity index (χ0v) is 14.3. The molecule has 3 aromatic rings. The van der Waals surface area contributed by atoms with Crippen molar-refractivity contribution in [3.8, 4) is 11.4 Å². The summed E-state index contributed by atoms with van der Waals surface area (Å²) in [6.45, 7) is 3.76. The number of amides is 2. The first-order valence-electron chi connectivity index (χ1n) is 8.37. The van der Waals surface area contributed by atoms with E-state index < -0.39 is 0 Å². The van der Waals surface area contributed by atoms with Crippen molar-refractivity contribution in [3.05, 3.63) is 78.1 Å². The molecule has 1 aromatic heterocycles. The second-order valence-corrected chi connectivity index (χ2v) is 5.84. The van der Waals surface area contributed by atoms with E-state index in [-0.39, 0.29) is 6.03 Å². The molecule has 0 saturated heterocycles. The van der Waals surface area contributed by atoms with Gasteiger partial charge in [0.25, 0.3) is 0 Å². The van der Waals surface area contributed by atoms with E-state index in [1.165, 1.54) is 0 Å². The molecule has 5 nitrogen and oxygen atoms in total. The molecule has 2 N–H and O–H groups in total. The maximum atomic E-state index is 11.9. The van der Waals surface area contributed by atoms with Crippen LogP contribution in [0.15, 0.2) is 66.9 Å². The van der Waals surface area contributed by atoms with Crippen molar-refractivity contribution in [2.24, 2.45) is 0 Å². The van der Waals surface area contributed by atoms with Crippen LogP contribution in [-0.2, 0) is 13.1 Å². The topological polar surface area (TPSA) is 59.0 Å². The molecule has 5 heteroatoms. The molecule has 2 aromatic carbocycles. The second kappa shape index (κ2) is 8.15. The van der Waals surface area contributed by atoms with E-state index in [1.54, 1.807) is 0 Å². The van der Waals surface area contributed by atoms with Gasteiger partial charge in [-0.3, -0.25) is 0 Å². The molecule has 0 aliphatic carbocycles. The molecule has 128 valence electrons. The summed E-state index contributed by atoms with van der Waals surface area (Å²) < 4.78 is 2.12. The molecule has 25 heavy (non-hydrogen) atoms. The Morgan fingerprint density at radius 3 is 2.40 bits per heavy atom. The van der Waals surface area contributed by atoms with Gasteiger partial charge in [-0.05, 0) is 12.5 Å². The predicted octanol–water partition coefficient (Wildman–Crippen LogP) is 3.36. The number of nitrogens with zero attached hydrogens (tertiary/aromatic N) is 2. The smallest absolute Gasteiger partial charge is 0.315 e. The number of hydrogen-bond acceptors (Lipinski definition) is 2. The summed E-state index contributed by atoms with van der Waals surface area (Å²) in [6.07, 6.45) is 1.86. The van der Waals surface area contributed by atoms with Crippen LogP contribution in [-0.4, -0.2) is 22.1 Å². The van der Waals surface area contributed by atoms with Crippen molar-refractivity contribution >= 4 is 6.03 Å². The van der Waals surface area contributed by atoms with Gasteiger partial charge in [-0.15, -0.1) is 0 Å². The van der Waals surface area contributed by atoms with Gasteiger partial charge in [0.1, 0.15) is 5.82 Å². The molecule has 0 saturated carbocycles. The number of nitrogens with one attached hydrogen (secondary N) is 2. The van der Waals surface area contributed by atoms with Crippen LogP contribution in [0, 0.1) is 6.92 Å². The molecule has 0 atom stereocenters. The Hall–Kier alpha value is -3.08. The Kier molecular flexibility index (Phi) is 5.46. The molecule has 2 amide bonds. The van der Waals surface area contributed by atoms with E-state index in [4.69, 9.17) is 0 Å². The van der Waals surface area contributed by atoms with Gasteiger partial charge in [0.05, 0.1) is 0 Å². The molecule has 0 aliphatic rings. The standard InChI is InChI=1S/C20H22N4O/c1-16-14-22-19(18-10-6-3-7-11-18)24(16)13-12-21-20(25)23-15-17-8-4-2-5-9-17/h2-11,14H,12-13,15H2,1H3,(H2,21,23,25). The lowest BCUT2D eigenvalue weighted by Gasteiger charge is -2.12. The van der Waals surface area contributed by atoms with Gasteiger partial charge in [-0.25, -0.2) is 9.78 Å². The van der Waals surface area contributed by atoms with Crippen molar-refractivity contribution in [1.29, 1.82) is 0 Å². The summed E-state index contributed by atoms with van der Waals surface area (Å²) in [7, 11) is 0. The Labute approximate surface area is 147 Å². The second-order valence-electron chi connectivity index (χ2n) is 5.84. The van der Waals surface area contributed by atoms with Gasteiger partial charge < -0.3 is 15.2 Å². The van der Waals surface area contributed by atoms with Crippen LogP contribution in [0.25, 0.3) is 11.4 Å². The number of aromatic nitrogens is 2. The van der Waals surface area contributed by atoms with Crippen molar-refractivity contribution in [2.45, 2.75) is 20.0 Å². The van der Waals surface area contributed by atoms with Crippen LogP contribution in [0.5, 0.6) is 0 Å². The van der Waals surface area contributed by atoms with Crippen molar-refractivity contribution in [2.75, 3.05) is 6.54 Å². The minimum Gasteiger partial charge on any atom is -0.336 e. The lowest BCUT2D eigenvalue weighted by atomic mass is 10.2. The number of imidazole rings is 1. The van der Waals surface area contributed by atoms with Crippen molar-refractivity contribution in [1.82, 2.24) is 20.2 Å². The SMILES string of the molecule is Cc1cnc(-c2ccccc2)n1CCNC(=O)NCc1ccccc1. The van der Waals surface area contributed by atoms with Crippen molar-refractivity contribution in [3.63, 3.8) is 0 Å². The van der Waals surface area contributed by atoms with E-state index in [2.05, 4.69) is 20.2 Å². The summed E-state index contributed by atoms with van der Waals surface area (Å²) in [5.41, 5.74) is 3.23. The molecule has 0 bridgehead atoms. The fraction of sp³-hybridized carbons (Fsp3) is 0.200. The Balaban J connectivity index is 1.52. The number of benzene rings is 2. The minimum absolute atomic E-state index is 0.164. The Morgan fingerprint density at radius 2 is 1.68 bits per heavy atom. The fourth-order valence-corrected chi connectivity index (χ4v) is 2.68. The number of carbonyl (C=O) groups is 1. The number of urea groups is 1. The number of aryl methyl sites for hydroxylation is 1. The van der Waals surface area contributed by atoms with Crippen LogP contribution in [0.2, 0.25) is 0 Å². The van der Waals surface area contributed by atoms with E-state index in [0.29, 0.717) is 19.6 Å². The summed E-state index contributed by atoms with van der Waals surface area (Å²) >= 11 is 0. The molecule has 0 radical (unpaired) electrons. The number of carbonyl (C=O) groups excluding carboxylic acids is 1. The summed E-state index contributed by atoms with van der Waals surface area (Å²) in [6, 6.07) is 19.8. The maximum absolute atomic E-state index is 11.9. The molecular weight excluding hydrogens is 312 g/mol. The van der Waals surface area contributed by atoms with E-state index in [9.17, 15) is 4.79 Å². The highest BCUT2D eigenvalue weighted by Crippen LogP contribution is 2.18. The quantitative estimate of drug-likeness (QED) is 0.726. The fourth-order valence-electron chi connectivity index (χ4n) is 2.68. The van der Waals surface area contributed by atoms with Crippen LogP contribution in [0.1, 0.15) is 11.3 Å². The third-order valence-electron chi connectivity index (χ3n) is 4.00.